The number of hydrogen-bond donors (Lipinski definition) is 1. The van der Waals surface area contributed by atoms with Crippen molar-refractivity contribution in [2.75, 3.05) is 55.7 Å². The Balaban J connectivity index is 1.69. The highest BCUT2D eigenvalue weighted by Crippen LogP contribution is 2.32. The third kappa shape index (κ3) is 5.63. The zero-order chi connectivity index (χ0) is 22.5. The molecule has 3 rings (SSSR count). The minimum Gasteiger partial charge on any atom is -0.444 e. The smallest absolute Gasteiger partial charge is 0.414 e. The second-order valence-corrected chi connectivity index (χ2v) is 7.15. The lowest BCUT2D eigenvalue weighted by Crippen LogP contribution is -2.33. The topological polar surface area (TPSA) is 82.5 Å². The van der Waals surface area contributed by atoms with E-state index in [1.807, 2.05) is 0 Å². The Morgan fingerprint density at radius 3 is 2.55 bits per heavy atom. The molecule has 172 valence electrons. The van der Waals surface area contributed by atoms with Crippen LogP contribution in [0, 0.1) is 11.6 Å². The molecule has 1 N–H and O–H groups in total. The summed E-state index contributed by atoms with van der Waals surface area (Å²) in [6, 6.07) is 2.01. The number of hydrogen-bond acceptors (Lipinski definition) is 7. The van der Waals surface area contributed by atoms with Crippen molar-refractivity contribution in [1.82, 2.24) is 5.06 Å². The van der Waals surface area contributed by atoms with Gasteiger partial charge in [0.15, 0.2) is 17.4 Å². The first kappa shape index (κ1) is 23.2. The molecule has 2 heterocycles. The molecule has 0 bridgehead atoms. The molecule has 0 spiro atoms. The Labute approximate surface area is 175 Å². The molecule has 31 heavy (non-hydrogen) atoms. The summed E-state index contributed by atoms with van der Waals surface area (Å²) in [5.41, 5.74) is -0.329. The average Bonchev–Trinajstić information content (AvgIpc) is 2.93. The van der Waals surface area contributed by atoms with Gasteiger partial charge in [-0.25, -0.2) is 22.4 Å². The molecule has 1 atom stereocenters. The number of aliphatic hydroxyl groups is 1. The third-order valence-corrected chi connectivity index (χ3v) is 5.06. The second kappa shape index (κ2) is 10.2. The first-order chi connectivity index (χ1) is 14.8. The van der Waals surface area contributed by atoms with Crippen molar-refractivity contribution >= 4 is 23.3 Å². The van der Waals surface area contributed by atoms with E-state index in [2.05, 4.69) is 0 Å². The van der Waals surface area contributed by atoms with Crippen LogP contribution in [0.2, 0.25) is 0 Å². The molecule has 2 aliphatic heterocycles. The monoisotopic (exact) mass is 449 g/mol. The van der Waals surface area contributed by atoms with E-state index in [0.29, 0.717) is 6.54 Å². The molecule has 1 amide bonds. The number of halogens is 4. The van der Waals surface area contributed by atoms with Crippen LogP contribution in [0.15, 0.2) is 12.1 Å². The van der Waals surface area contributed by atoms with Gasteiger partial charge in [-0.05, 0) is 6.42 Å². The number of aliphatic hydroxyl groups excluding tert-OH is 1. The van der Waals surface area contributed by atoms with Crippen molar-refractivity contribution < 1.29 is 41.8 Å². The van der Waals surface area contributed by atoms with E-state index < -0.39 is 42.5 Å². The standard InChI is InChI=1S/C19H23F4N3O5/c20-14-9-12(26-11-13(31-19(26)29)1-2-16(28)18(22)23)10-15(21)17(14)24-3-4-25(5-7-27)30-8-6-24/h9-10,13,18,27H,1-8,11H2/t13-/m0/s1. The van der Waals surface area contributed by atoms with Crippen LogP contribution in [0.4, 0.5) is 33.7 Å². The first-order valence-corrected chi connectivity index (χ1v) is 9.82. The Morgan fingerprint density at radius 1 is 1.19 bits per heavy atom. The van der Waals surface area contributed by atoms with Gasteiger partial charge < -0.3 is 14.7 Å². The molecular formula is C19H23F4N3O5. The number of amides is 1. The Bertz CT molecular complexity index is 790. The Kier molecular flexibility index (Phi) is 7.68. The summed E-state index contributed by atoms with van der Waals surface area (Å²) >= 11 is 0. The van der Waals surface area contributed by atoms with E-state index in [1.165, 1.54) is 9.96 Å². The predicted molar refractivity (Wildman–Crippen MR) is 101 cm³/mol. The normalized spacial score (nSPS) is 20.3. The number of ketones is 1. The molecule has 0 aromatic heterocycles. The maximum Gasteiger partial charge on any atom is 0.414 e. The summed E-state index contributed by atoms with van der Waals surface area (Å²) in [5, 5.41) is 10.5. The number of rotatable bonds is 8. The van der Waals surface area contributed by atoms with Crippen LogP contribution >= 0.6 is 0 Å². The Morgan fingerprint density at radius 2 is 1.90 bits per heavy atom. The number of hydroxylamine groups is 2. The molecule has 2 saturated heterocycles. The summed E-state index contributed by atoms with van der Waals surface area (Å²) < 4.78 is 59.3. The van der Waals surface area contributed by atoms with Gasteiger partial charge in [0.2, 0.25) is 0 Å². The molecule has 0 radical (unpaired) electrons. The van der Waals surface area contributed by atoms with Crippen molar-refractivity contribution in [3.8, 4) is 0 Å². The van der Waals surface area contributed by atoms with Crippen LogP contribution in [0.1, 0.15) is 12.8 Å². The molecule has 0 aliphatic carbocycles. The lowest BCUT2D eigenvalue weighted by Gasteiger charge is -2.24. The highest BCUT2D eigenvalue weighted by atomic mass is 19.3. The average molecular weight is 449 g/mol. The maximum atomic E-state index is 14.8. The van der Waals surface area contributed by atoms with Gasteiger partial charge in [0.05, 0.1) is 25.4 Å². The fourth-order valence-corrected chi connectivity index (χ4v) is 3.51. The lowest BCUT2D eigenvalue weighted by atomic mass is 10.1. The van der Waals surface area contributed by atoms with Crippen molar-refractivity contribution in [3.63, 3.8) is 0 Å². The number of anilines is 2. The van der Waals surface area contributed by atoms with E-state index in [0.717, 1.165) is 17.0 Å². The number of ether oxygens (including phenoxy) is 1. The number of carbonyl (C=O) groups is 2. The van der Waals surface area contributed by atoms with Crippen molar-refractivity contribution in [2.45, 2.75) is 25.4 Å². The number of cyclic esters (lactones) is 1. The van der Waals surface area contributed by atoms with Gasteiger partial charge in [-0.3, -0.25) is 14.5 Å². The fraction of sp³-hybridized carbons (Fsp3) is 0.579. The molecule has 2 aliphatic rings. The maximum absolute atomic E-state index is 14.8. The SMILES string of the molecule is O=C(CC[C@H]1CN(c2cc(F)c(N3CCON(CCO)CC3)c(F)c2)C(=O)O1)C(F)F. The van der Waals surface area contributed by atoms with Gasteiger partial charge >= 0.3 is 6.09 Å². The minimum absolute atomic E-state index is 0.0700. The lowest BCUT2D eigenvalue weighted by molar-refractivity contribution is -0.152. The summed E-state index contributed by atoms with van der Waals surface area (Å²) in [4.78, 5) is 31.0. The molecule has 8 nitrogen and oxygen atoms in total. The van der Waals surface area contributed by atoms with E-state index in [9.17, 15) is 27.2 Å². The molecule has 12 heteroatoms. The van der Waals surface area contributed by atoms with Crippen LogP contribution in [0.3, 0.4) is 0 Å². The van der Waals surface area contributed by atoms with Gasteiger partial charge in [-0.15, -0.1) is 0 Å². The number of Topliss-reactive ketones (excluding diaryl/α,β-unsaturated/α-hetero) is 1. The predicted octanol–water partition coefficient (Wildman–Crippen LogP) is 1.95. The van der Waals surface area contributed by atoms with Gasteiger partial charge in [0, 0.05) is 44.7 Å². The number of β-amino-alcohol motifs (C(OH)–C–C–N with tert-alkyl or cyclic N) is 1. The van der Waals surface area contributed by atoms with Crippen molar-refractivity contribution in [1.29, 1.82) is 0 Å². The van der Waals surface area contributed by atoms with Crippen LogP contribution < -0.4 is 9.80 Å². The van der Waals surface area contributed by atoms with Crippen LogP contribution in [0.25, 0.3) is 0 Å². The number of benzene rings is 1. The molecule has 1 aromatic carbocycles. The van der Waals surface area contributed by atoms with Crippen LogP contribution in [-0.4, -0.2) is 80.5 Å². The summed E-state index contributed by atoms with van der Waals surface area (Å²) in [5.74, 6) is -3.01. The first-order valence-electron chi connectivity index (χ1n) is 9.82. The van der Waals surface area contributed by atoms with Crippen LogP contribution in [-0.2, 0) is 14.4 Å². The quantitative estimate of drug-likeness (QED) is 0.608. The molecule has 0 saturated carbocycles. The highest BCUT2D eigenvalue weighted by molar-refractivity contribution is 5.90. The number of alkyl halides is 2. The number of carbonyl (C=O) groups excluding carboxylic acids is 2. The zero-order valence-electron chi connectivity index (χ0n) is 16.6. The van der Waals surface area contributed by atoms with E-state index in [1.54, 1.807) is 0 Å². The molecule has 1 aromatic rings. The van der Waals surface area contributed by atoms with E-state index in [4.69, 9.17) is 14.7 Å². The van der Waals surface area contributed by atoms with Gasteiger partial charge in [-0.1, -0.05) is 0 Å². The van der Waals surface area contributed by atoms with Crippen molar-refractivity contribution in [2.24, 2.45) is 0 Å². The fourth-order valence-electron chi connectivity index (χ4n) is 3.51. The number of nitrogens with zero attached hydrogens (tertiary/aromatic N) is 3. The molecule has 2 fully saturated rings. The van der Waals surface area contributed by atoms with Gasteiger partial charge in [-0.2, -0.15) is 5.06 Å². The van der Waals surface area contributed by atoms with Crippen molar-refractivity contribution in [3.05, 3.63) is 23.8 Å². The van der Waals surface area contributed by atoms with Gasteiger partial charge in [0.1, 0.15) is 11.8 Å². The molecular weight excluding hydrogens is 426 g/mol. The van der Waals surface area contributed by atoms with Crippen LogP contribution in [0.5, 0.6) is 0 Å². The van der Waals surface area contributed by atoms with Gasteiger partial charge in [0.25, 0.3) is 6.43 Å². The summed E-state index contributed by atoms with van der Waals surface area (Å²) in [6.07, 6.45) is -5.36. The summed E-state index contributed by atoms with van der Waals surface area (Å²) in [6.45, 7) is 1.05. The zero-order valence-corrected chi connectivity index (χ0v) is 16.6. The Hall–Kier alpha value is -2.44. The third-order valence-electron chi connectivity index (χ3n) is 5.06. The second-order valence-electron chi connectivity index (χ2n) is 7.15. The highest BCUT2D eigenvalue weighted by Gasteiger charge is 2.34. The summed E-state index contributed by atoms with van der Waals surface area (Å²) in [7, 11) is 0. The van der Waals surface area contributed by atoms with E-state index in [-0.39, 0.29) is 57.2 Å². The minimum atomic E-state index is -3.09. The van der Waals surface area contributed by atoms with E-state index >= 15 is 0 Å². The molecule has 0 unspecified atom stereocenters. The largest absolute Gasteiger partial charge is 0.444 e.